The van der Waals surface area contributed by atoms with Crippen molar-refractivity contribution in [1.82, 2.24) is 4.98 Å². The van der Waals surface area contributed by atoms with Crippen LogP contribution in [0, 0.1) is 6.92 Å². The maximum absolute atomic E-state index is 11.9. The molecule has 1 N–H and O–H groups in total. The summed E-state index contributed by atoms with van der Waals surface area (Å²) >= 11 is 0. The van der Waals surface area contributed by atoms with Gasteiger partial charge in [-0.25, -0.2) is 0 Å². The van der Waals surface area contributed by atoms with E-state index in [0.717, 1.165) is 29.1 Å². The molecule has 0 saturated carbocycles. The second kappa shape index (κ2) is 7.98. The van der Waals surface area contributed by atoms with Crippen molar-refractivity contribution in [2.45, 2.75) is 20.3 Å². The number of pyridine rings is 1. The first-order chi connectivity index (χ1) is 10.7. The van der Waals surface area contributed by atoms with Crippen LogP contribution in [0.15, 0.2) is 48.7 Å². The third-order valence-corrected chi connectivity index (χ3v) is 3.02. The molecule has 1 aromatic heterocycles. The van der Waals surface area contributed by atoms with E-state index in [0.29, 0.717) is 6.61 Å². The van der Waals surface area contributed by atoms with E-state index in [2.05, 4.69) is 17.2 Å². The molecule has 0 fully saturated rings. The standard InChI is InChI=1S/C18H20N2O2/c1-3-12-22-16-8-9-17(14(2)13-16)20-18(21)10-7-15-6-4-5-11-19-15/h4-11,13H,3,12H2,1-2H3,(H,20,21)/b10-7+. The molecule has 1 heterocycles. The number of rotatable bonds is 6. The van der Waals surface area contributed by atoms with E-state index in [9.17, 15) is 4.79 Å². The van der Waals surface area contributed by atoms with Crippen molar-refractivity contribution in [2.75, 3.05) is 11.9 Å². The first kappa shape index (κ1) is 15.8. The second-order valence-electron chi connectivity index (χ2n) is 4.90. The molecule has 0 atom stereocenters. The van der Waals surface area contributed by atoms with E-state index in [-0.39, 0.29) is 5.91 Å². The SMILES string of the molecule is CCCOc1ccc(NC(=O)/C=C/c2ccccn2)c(C)c1. The highest BCUT2D eigenvalue weighted by Crippen LogP contribution is 2.21. The van der Waals surface area contributed by atoms with Gasteiger partial charge in [-0.1, -0.05) is 13.0 Å². The van der Waals surface area contributed by atoms with E-state index < -0.39 is 0 Å². The van der Waals surface area contributed by atoms with Gasteiger partial charge in [0.15, 0.2) is 0 Å². The first-order valence-corrected chi connectivity index (χ1v) is 7.32. The van der Waals surface area contributed by atoms with Crippen molar-refractivity contribution in [2.24, 2.45) is 0 Å². The number of aryl methyl sites for hydroxylation is 1. The number of nitrogens with zero attached hydrogens (tertiary/aromatic N) is 1. The van der Waals surface area contributed by atoms with Gasteiger partial charge in [0.05, 0.1) is 12.3 Å². The smallest absolute Gasteiger partial charge is 0.248 e. The fourth-order valence-corrected chi connectivity index (χ4v) is 1.90. The molecule has 1 aromatic carbocycles. The van der Waals surface area contributed by atoms with Gasteiger partial charge in [-0.15, -0.1) is 0 Å². The molecule has 0 saturated heterocycles. The van der Waals surface area contributed by atoms with Crippen molar-refractivity contribution >= 4 is 17.7 Å². The third kappa shape index (κ3) is 4.74. The lowest BCUT2D eigenvalue weighted by atomic mass is 10.2. The fraction of sp³-hybridized carbons (Fsp3) is 0.222. The molecular formula is C18H20N2O2. The molecule has 2 rings (SSSR count). The van der Waals surface area contributed by atoms with Gasteiger partial charge >= 0.3 is 0 Å². The molecule has 0 aliphatic rings. The Labute approximate surface area is 130 Å². The summed E-state index contributed by atoms with van der Waals surface area (Å²) in [7, 11) is 0. The summed E-state index contributed by atoms with van der Waals surface area (Å²) in [5.74, 6) is 0.636. The zero-order chi connectivity index (χ0) is 15.8. The Bertz CT molecular complexity index is 651. The Morgan fingerprint density at radius 1 is 1.32 bits per heavy atom. The van der Waals surface area contributed by atoms with Crippen LogP contribution >= 0.6 is 0 Å². The predicted octanol–water partition coefficient (Wildman–Crippen LogP) is 3.83. The van der Waals surface area contributed by atoms with Crippen LogP contribution in [0.5, 0.6) is 5.75 Å². The molecule has 0 aliphatic carbocycles. The molecule has 22 heavy (non-hydrogen) atoms. The Kier molecular flexibility index (Phi) is 5.72. The lowest BCUT2D eigenvalue weighted by Crippen LogP contribution is -2.09. The zero-order valence-corrected chi connectivity index (χ0v) is 12.9. The zero-order valence-electron chi connectivity index (χ0n) is 12.9. The topological polar surface area (TPSA) is 51.2 Å². The van der Waals surface area contributed by atoms with Crippen molar-refractivity contribution < 1.29 is 9.53 Å². The van der Waals surface area contributed by atoms with Crippen LogP contribution in [0.3, 0.4) is 0 Å². The number of hydrogen-bond donors (Lipinski definition) is 1. The maximum Gasteiger partial charge on any atom is 0.248 e. The molecule has 0 bridgehead atoms. The molecule has 0 radical (unpaired) electrons. The summed E-state index contributed by atoms with van der Waals surface area (Å²) in [6.45, 7) is 4.70. The molecule has 0 unspecified atom stereocenters. The van der Waals surface area contributed by atoms with Gasteiger partial charge in [0, 0.05) is 18.0 Å². The normalized spacial score (nSPS) is 10.6. The number of benzene rings is 1. The van der Waals surface area contributed by atoms with E-state index >= 15 is 0 Å². The summed E-state index contributed by atoms with van der Waals surface area (Å²) in [5.41, 5.74) is 2.49. The molecule has 2 aromatic rings. The van der Waals surface area contributed by atoms with Crippen LogP contribution in [0.2, 0.25) is 0 Å². The van der Waals surface area contributed by atoms with Crippen molar-refractivity contribution in [3.8, 4) is 5.75 Å². The summed E-state index contributed by atoms with van der Waals surface area (Å²) in [6.07, 6.45) is 5.82. The van der Waals surface area contributed by atoms with Gasteiger partial charge < -0.3 is 10.1 Å². The first-order valence-electron chi connectivity index (χ1n) is 7.32. The summed E-state index contributed by atoms with van der Waals surface area (Å²) < 4.78 is 5.57. The van der Waals surface area contributed by atoms with Gasteiger partial charge in [-0.3, -0.25) is 9.78 Å². The van der Waals surface area contributed by atoms with Crippen LogP contribution in [-0.2, 0) is 4.79 Å². The van der Waals surface area contributed by atoms with E-state index in [4.69, 9.17) is 4.74 Å². The highest BCUT2D eigenvalue weighted by atomic mass is 16.5. The molecule has 0 spiro atoms. The average Bonchev–Trinajstić information content (AvgIpc) is 2.54. The van der Waals surface area contributed by atoms with Crippen molar-refractivity contribution in [1.29, 1.82) is 0 Å². The Morgan fingerprint density at radius 2 is 2.18 bits per heavy atom. The summed E-state index contributed by atoms with van der Waals surface area (Å²) in [6, 6.07) is 11.2. The lowest BCUT2D eigenvalue weighted by molar-refractivity contribution is -0.111. The molecule has 114 valence electrons. The van der Waals surface area contributed by atoms with Gasteiger partial charge in [-0.2, -0.15) is 0 Å². The Hall–Kier alpha value is -2.62. The van der Waals surface area contributed by atoms with Crippen LogP contribution in [0.1, 0.15) is 24.6 Å². The van der Waals surface area contributed by atoms with Gasteiger partial charge in [0.1, 0.15) is 5.75 Å². The van der Waals surface area contributed by atoms with Gasteiger partial charge in [0.2, 0.25) is 5.91 Å². The summed E-state index contributed by atoms with van der Waals surface area (Å²) in [4.78, 5) is 16.1. The minimum atomic E-state index is -0.184. The number of ether oxygens (including phenoxy) is 1. The van der Waals surface area contributed by atoms with E-state index in [1.54, 1.807) is 12.3 Å². The largest absolute Gasteiger partial charge is 0.494 e. The Balaban J connectivity index is 1.98. The van der Waals surface area contributed by atoms with Gasteiger partial charge in [-0.05, 0) is 55.3 Å². The van der Waals surface area contributed by atoms with E-state index in [1.165, 1.54) is 6.08 Å². The second-order valence-corrected chi connectivity index (χ2v) is 4.90. The van der Waals surface area contributed by atoms with Crippen LogP contribution < -0.4 is 10.1 Å². The van der Waals surface area contributed by atoms with E-state index in [1.807, 2.05) is 43.3 Å². The molecule has 1 amide bonds. The minimum Gasteiger partial charge on any atom is -0.494 e. The molecule has 4 heteroatoms. The predicted molar refractivity (Wildman–Crippen MR) is 88.9 cm³/mol. The number of nitrogens with one attached hydrogen (secondary N) is 1. The van der Waals surface area contributed by atoms with Crippen LogP contribution in [0.4, 0.5) is 5.69 Å². The monoisotopic (exact) mass is 296 g/mol. The lowest BCUT2D eigenvalue weighted by Gasteiger charge is -2.10. The Morgan fingerprint density at radius 3 is 2.86 bits per heavy atom. The minimum absolute atomic E-state index is 0.184. The van der Waals surface area contributed by atoms with Crippen LogP contribution in [-0.4, -0.2) is 17.5 Å². The fourth-order valence-electron chi connectivity index (χ4n) is 1.90. The third-order valence-electron chi connectivity index (χ3n) is 3.02. The van der Waals surface area contributed by atoms with Crippen LogP contribution in [0.25, 0.3) is 6.08 Å². The van der Waals surface area contributed by atoms with Crippen molar-refractivity contribution in [3.05, 3.63) is 59.9 Å². The highest BCUT2D eigenvalue weighted by molar-refractivity contribution is 6.02. The van der Waals surface area contributed by atoms with Gasteiger partial charge in [0.25, 0.3) is 0 Å². The number of carbonyl (C=O) groups excluding carboxylic acids is 1. The molecule has 0 aliphatic heterocycles. The van der Waals surface area contributed by atoms with Crippen molar-refractivity contribution in [3.63, 3.8) is 0 Å². The number of hydrogen-bond acceptors (Lipinski definition) is 3. The summed E-state index contributed by atoms with van der Waals surface area (Å²) in [5, 5.41) is 2.85. The molecular weight excluding hydrogens is 276 g/mol. The highest BCUT2D eigenvalue weighted by Gasteiger charge is 2.03. The maximum atomic E-state index is 11.9. The number of carbonyl (C=O) groups is 1. The number of amides is 1. The number of aromatic nitrogens is 1. The number of anilines is 1. The quantitative estimate of drug-likeness (QED) is 0.824. The average molecular weight is 296 g/mol. The molecule has 4 nitrogen and oxygen atoms in total.